The van der Waals surface area contributed by atoms with Crippen molar-refractivity contribution in [2.45, 2.75) is 25.8 Å². The Bertz CT molecular complexity index is 208. The van der Waals surface area contributed by atoms with Crippen LogP contribution in [0.2, 0.25) is 0 Å². The van der Waals surface area contributed by atoms with Crippen LogP contribution in [-0.4, -0.2) is 62.0 Å². The van der Waals surface area contributed by atoms with E-state index in [1.54, 1.807) is 4.90 Å². The zero-order valence-electron chi connectivity index (χ0n) is 10.1. The molecule has 0 aliphatic carbocycles. The van der Waals surface area contributed by atoms with Gasteiger partial charge in [-0.1, -0.05) is 0 Å². The molecule has 0 saturated carbocycles. The van der Waals surface area contributed by atoms with Gasteiger partial charge in [0.05, 0.1) is 6.54 Å². The first-order valence-corrected chi connectivity index (χ1v) is 5.81. The van der Waals surface area contributed by atoms with Crippen LogP contribution >= 0.6 is 0 Å². The van der Waals surface area contributed by atoms with Gasteiger partial charge >= 0.3 is 0 Å². The van der Waals surface area contributed by atoms with Crippen molar-refractivity contribution in [3.63, 3.8) is 0 Å². The minimum absolute atomic E-state index is 0.237. The van der Waals surface area contributed by atoms with E-state index in [-0.39, 0.29) is 5.91 Å². The molecule has 4 nitrogen and oxygen atoms in total. The van der Waals surface area contributed by atoms with Crippen molar-refractivity contribution < 1.29 is 4.79 Å². The first-order valence-electron chi connectivity index (χ1n) is 5.81. The van der Waals surface area contributed by atoms with E-state index in [4.69, 9.17) is 0 Å². The van der Waals surface area contributed by atoms with Crippen LogP contribution < -0.4 is 5.32 Å². The zero-order valence-corrected chi connectivity index (χ0v) is 10.1. The second-order valence-corrected chi connectivity index (χ2v) is 4.23. The summed E-state index contributed by atoms with van der Waals surface area (Å²) in [4.78, 5) is 15.8. The second-order valence-electron chi connectivity index (χ2n) is 4.23. The Morgan fingerprint density at radius 3 is 2.93 bits per heavy atom. The third kappa shape index (κ3) is 3.47. The van der Waals surface area contributed by atoms with Crippen LogP contribution in [0.3, 0.4) is 0 Å². The molecule has 1 aliphatic heterocycles. The van der Waals surface area contributed by atoms with E-state index in [1.165, 1.54) is 12.8 Å². The predicted molar refractivity (Wildman–Crippen MR) is 61.8 cm³/mol. The number of rotatable bonds is 5. The van der Waals surface area contributed by atoms with Crippen molar-refractivity contribution in [1.82, 2.24) is 15.1 Å². The number of nitrogens with one attached hydrogen (secondary N) is 1. The quantitative estimate of drug-likeness (QED) is 0.706. The van der Waals surface area contributed by atoms with Gasteiger partial charge in [0.15, 0.2) is 0 Å². The molecule has 0 bridgehead atoms. The van der Waals surface area contributed by atoms with Crippen molar-refractivity contribution in [2.24, 2.45) is 0 Å². The molecule has 1 saturated heterocycles. The molecule has 88 valence electrons. The largest absolute Gasteiger partial charge is 0.345 e. The van der Waals surface area contributed by atoms with Crippen molar-refractivity contribution in [3.8, 4) is 0 Å². The molecule has 1 heterocycles. The highest BCUT2D eigenvalue weighted by Crippen LogP contribution is 2.16. The lowest BCUT2D eigenvalue weighted by atomic mass is 10.2. The summed E-state index contributed by atoms with van der Waals surface area (Å²) >= 11 is 0. The predicted octanol–water partition coefficient (Wildman–Crippen LogP) is 0.149. The first kappa shape index (κ1) is 12.5. The van der Waals surface area contributed by atoms with E-state index in [2.05, 4.69) is 10.2 Å². The van der Waals surface area contributed by atoms with Crippen LogP contribution in [0.15, 0.2) is 0 Å². The molecule has 15 heavy (non-hydrogen) atoms. The van der Waals surface area contributed by atoms with Crippen molar-refractivity contribution in [1.29, 1.82) is 0 Å². The summed E-state index contributed by atoms with van der Waals surface area (Å²) in [5, 5.41) is 3.19. The molecule has 1 amide bonds. The molecule has 1 atom stereocenters. The van der Waals surface area contributed by atoms with Gasteiger partial charge in [0.1, 0.15) is 0 Å². The molecule has 1 fully saturated rings. The van der Waals surface area contributed by atoms with Gasteiger partial charge < -0.3 is 10.2 Å². The van der Waals surface area contributed by atoms with Gasteiger partial charge in [0.2, 0.25) is 5.91 Å². The number of likely N-dealkylation sites (N-methyl/N-ethyl adjacent to an activating group) is 2. The van der Waals surface area contributed by atoms with E-state index in [1.807, 2.05) is 21.0 Å². The first-order chi connectivity index (χ1) is 7.19. The maximum Gasteiger partial charge on any atom is 0.236 e. The summed E-state index contributed by atoms with van der Waals surface area (Å²) in [6.45, 7) is 5.44. The lowest BCUT2D eigenvalue weighted by molar-refractivity contribution is -0.131. The fourth-order valence-electron chi connectivity index (χ4n) is 2.04. The van der Waals surface area contributed by atoms with Crippen LogP contribution in [0.5, 0.6) is 0 Å². The van der Waals surface area contributed by atoms with Gasteiger partial charge in [-0.15, -0.1) is 0 Å². The highest BCUT2D eigenvalue weighted by atomic mass is 16.2. The van der Waals surface area contributed by atoms with Gasteiger partial charge in [-0.05, 0) is 33.4 Å². The van der Waals surface area contributed by atoms with Gasteiger partial charge in [0, 0.05) is 26.2 Å². The summed E-state index contributed by atoms with van der Waals surface area (Å²) in [6, 6.07) is 0.546. The molecular formula is C11H23N3O. The highest BCUT2D eigenvalue weighted by Gasteiger charge is 2.26. The molecule has 0 spiro atoms. The molecule has 0 radical (unpaired) electrons. The number of hydrogen-bond acceptors (Lipinski definition) is 3. The van der Waals surface area contributed by atoms with Gasteiger partial charge in [-0.2, -0.15) is 0 Å². The Morgan fingerprint density at radius 2 is 2.33 bits per heavy atom. The van der Waals surface area contributed by atoms with Gasteiger partial charge in [-0.25, -0.2) is 0 Å². The number of likely N-dealkylation sites (tertiary alicyclic amines) is 1. The number of amides is 1. The second kappa shape index (κ2) is 6.08. The summed E-state index contributed by atoms with van der Waals surface area (Å²) < 4.78 is 0. The van der Waals surface area contributed by atoms with Crippen LogP contribution in [0.25, 0.3) is 0 Å². The molecular weight excluding hydrogens is 190 g/mol. The Labute approximate surface area is 92.6 Å². The van der Waals surface area contributed by atoms with Gasteiger partial charge in [-0.3, -0.25) is 9.69 Å². The standard InChI is InChI=1S/C11H23N3O/c1-4-13(3)11(15)9-14-7-5-6-10(14)8-12-2/h10,12H,4-9H2,1-3H3. The average molecular weight is 213 g/mol. The van der Waals surface area contributed by atoms with E-state index in [0.717, 1.165) is 19.6 Å². The minimum Gasteiger partial charge on any atom is -0.345 e. The van der Waals surface area contributed by atoms with E-state index in [9.17, 15) is 4.79 Å². The maximum absolute atomic E-state index is 11.7. The molecule has 1 unspecified atom stereocenters. The third-order valence-corrected chi connectivity index (χ3v) is 3.18. The number of carbonyl (C=O) groups excluding carboxylic acids is 1. The fraction of sp³-hybridized carbons (Fsp3) is 0.909. The highest BCUT2D eigenvalue weighted by molar-refractivity contribution is 5.78. The minimum atomic E-state index is 0.237. The Hall–Kier alpha value is -0.610. The molecule has 1 N–H and O–H groups in total. The van der Waals surface area contributed by atoms with Gasteiger partial charge in [0.25, 0.3) is 0 Å². The summed E-state index contributed by atoms with van der Waals surface area (Å²) in [7, 11) is 3.84. The van der Waals surface area contributed by atoms with E-state index >= 15 is 0 Å². The molecule has 4 heteroatoms. The van der Waals surface area contributed by atoms with Crippen LogP contribution in [0.1, 0.15) is 19.8 Å². The molecule has 0 aromatic carbocycles. The van der Waals surface area contributed by atoms with E-state index < -0.39 is 0 Å². The van der Waals surface area contributed by atoms with Crippen LogP contribution in [0, 0.1) is 0 Å². The smallest absolute Gasteiger partial charge is 0.236 e. The molecule has 0 aromatic heterocycles. The summed E-state index contributed by atoms with van der Waals surface area (Å²) in [5.74, 6) is 0.237. The Kier molecular flexibility index (Phi) is 5.05. The number of carbonyl (C=O) groups is 1. The van der Waals surface area contributed by atoms with Crippen molar-refractivity contribution in [3.05, 3.63) is 0 Å². The monoisotopic (exact) mass is 213 g/mol. The lowest BCUT2D eigenvalue weighted by Crippen LogP contribution is -2.43. The van der Waals surface area contributed by atoms with Crippen LogP contribution in [-0.2, 0) is 4.79 Å². The fourth-order valence-corrected chi connectivity index (χ4v) is 2.04. The third-order valence-electron chi connectivity index (χ3n) is 3.18. The van der Waals surface area contributed by atoms with Crippen molar-refractivity contribution in [2.75, 3.05) is 40.3 Å². The SMILES string of the molecule is CCN(C)C(=O)CN1CCCC1CNC. The molecule has 0 aromatic rings. The summed E-state index contributed by atoms with van der Waals surface area (Å²) in [6.07, 6.45) is 2.43. The normalized spacial score (nSPS) is 21.9. The van der Waals surface area contributed by atoms with Crippen molar-refractivity contribution >= 4 is 5.91 Å². The number of hydrogen-bond donors (Lipinski definition) is 1. The average Bonchev–Trinajstić information content (AvgIpc) is 2.65. The molecule has 1 aliphatic rings. The molecule has 1 rings (SSSR count). The topological polar surface area (TPSA) is 35.6 Å². The lowest BCUT2D eigenvalue weighted by Gasteiger charge is -2.25. The zero-order chi connectivity index (χ0) is 11.3. The maximum atomic E-state index is 11.7. The van der Waals surface area contributed by atoms with Crippen LogP contribution in [0.4, 0.5) is 0 Å². The Morgan fingerprint density at radius 1 is 1.60 bits per heavy atom. The summed E-state index contributed by atoms with van der Waals surface area (Å²) in [5.41, 5.74) is 0. The number of nitrogens with zero attached hydrogens (tertiary/aromatic N) is 2. The van der Waals surface area contributed by atoms with E-state index in [0.29, 0.717) is 12.6 Å². The Balaban J connectivity index is 2.39.